The molecule has 0 saturated carbocycles. The second-order valence-corrected chi connectivity index (χ2v) is 6.97. The van der Waals surface area contributed by atoms with Crippen LogP contribution in [0.2, 0.25) is 0 Å². The van der Waals surface area contributed by atoms with E-state index in [1.165, 1.54) is 6.07 Å². The topological polar surface area (TPSA) is 60.3 Å². The van der Waals surface area contributed by atoms with Gasteiger partial charge >= 0.3 is 0 Å². The molecular formula is C23H24N2O3. The van der Waals surface area contributed by atoms with E-state index in [0.29, 0.717) is 23.5 Å². The zero-order valence-corrected chi connectivity index (χ0v) is 16.6. The average Bonchev–Trinajstić information content (AvgIpc) is 2.66. The highest BCUT2D eigenvalue weighted by Gasteiger charge is 2.12. The number of aromatic nitrogens is 1. The fraction of sp³-hybridized carbons (Fsp3) is 0.217. The van der Waals surface area contributed by atoms with Gasteiger partial charge < -0.3 is 14.6 Å². The molecule has 0 unspecified atom stereocenters. The summed E-state index contributed by atoms with van der Waals surface area (Å²) in [5.74, 6) is 0.293. The number of hydrogen-bond acceptors (Lipinski definition) is 3. The van der Waals surface area contributed by atoms with Crippen LogP contribution >= 0.6 is 0 Å². The van der Waals surface area contributed by atoms with Gasteiger partial charge in [-0.25, -0.2) is 0 Å². The van der Waals surface area contributed by atoms with Crippen LogP contribution in [-0.2, 0) is 6.54 Å². The molecule has 0 aliphatic rings. The van der Waals surface area contributed by atoms with Crippen molar-refractivity contribution in [2.24, 2.45) is 0 Å². The first-order valence-electron chi connectivity index (χ1n) is 9.10. The number of amides is 1. The van der Waals surface area contributed by atoms with Gasteiger partial charge in [0, 0.05) is 12.3 Å². The van der Waals surface area contributed by atoms with Crippen molar-refractivity contribution in [2.45, 2.75) is 27.3 Å². The van der Waals surface area contributed by atoms with E-state index in [1.807, 2.05) is 51.1 Å². The highest BCUT2D eigenvalue weighted by Crippen LogP contribution is 2.25. The van der Waals surface area contributed by atoms with Gasteiger partial charge in [0.25, 0.3) is 11.5 Å². The van der Waals surface area contributed by atoms with Crippen molar-refractivity contribution < 1.29 is 9.53 Å². The lowest BCUT2D eigenvalue weighted by molar-refractivity contribution is 0.102. The summed E-state index contributed by atoms with van der Waals surface area (Å²) in [4.78, 5) is 25.1. The van der Waals surface area contributed by atoms with E-state index >= 15 is 0 Å². The number of ether oxygens (including phenoxy) is 1. The molecule has 1 aromatic heterocycles. The molecule has 0 atom stereocenters. The van der Waals surface area contributed by atoms with Gasteiger partial charge in [0.1, 0.15) is 5.75 Å². The van der Waals surface area contributed by atoms with Crippen LogP contribution in [0, 0.1) is 20.8 Å². The summed E-state index contributed by atoms with van der Waals surface area (Å²) in [5, 5.41) is 2.87. The summed E-state index contributed by atoms with van der Waals surface area (Å²) in [6, 6.07) is 14.7. The number of carbonyl (C=O) groups is 1. The van der Waals surface area contributed by atoms with Gasteiger partial charge in [0.15, 0.2) is 0 Å². The molecule has 0 spiro atoms. The predicted octanol–water partition coefficient (Wildman–Crippen LogP) is 4.08. The van der Waals surface area contributed by atoms with Crippen LogP contribution in [0.3, 0.4) is 0 Å². The normalized spacial score (nSPS) is 10.6. The summed E-state index contributed by atoms with van der Waals surface area (Å²) < 4.78 is 6.87. The lowest BCUT2D eigenvalue weighted by Crippen LogP contribution is -2.23. The molecular weight excluding hydrogens is 352 g/mol. The third-order valence-electron chi connectivity index (χ3n) is 4.69. The zero-order valence-electron chi connectivity index (χ0n) is 16.6. The largest absolute Gasteiger partial charge is 0.495 e. The molecule has 5 nitrogen and oxygen atoms in total. The van der Waals surface area contributed by atoms with E-state index in [2.05, 4.69) is 11.4 Å². The monoisotopic (exact) mass is 376 g/mol. The number of rotatable bonds is 5. The van der Waals surface area contributed by atoms with Gasteiger partial charge in [0.05, 0.1) is 24.9 Å². The second kappa shape index (κ2) is 8.13. The van der Waals surface area contributed by atoms with Crippen LogP contribution in [0.4, 0.5) is 5.69 Å². The van der Waals surface area contributed by atoms with Crippen LogP contribution in [-0.4, -0.2) is 17.6 Å². The van der Waals surface area contributed by atoms with Gasteiger partial charge in [-0.15, -0.1) is 0 Å². The molecule has 0 aliphatic heterocycles. The van der Waals surface area contributed by atoms with Crippen molar-refractivity contribution in [3.05, 3.63) is 92.9 Å². The quantitative estimate of drug-likeness (QED) is 0.730. The Morgan fingerprint density at radius 3 is 2.46 bits per heavy atom. The number of benzene rings is 2. The number of aryl methyl sites for hydroxylation is 3. The molecule has 1 N–H and O–H groups in total. The first-order chi connectivity index (χ1) is 13.4. The lowest BCUT2D eigenvalue weighted by Gasteiger charge is -2.13. The first kappa shape index (κ1) is 19.4. The molecule has 5 heteroatoms. The second-order valence-electron chi connectivity index (χ2n) is 6.97. The third kappa shape index (κ3) is 4.31. The Bertz CT molecular complexity index is 1080. The molecule has 0 radical (unpaired) electrons. The molecule has 144 valence electrons. The van der Waals surface area contributed by atoms with E-state index in [4.69, 9.17) is 4.74 Å². The Balaban J connectivity index is 1.89. The smallest absolute Gasteiger partial charge is 0.257 e. The van der Waals surface area contributed by atoms with Crippen LogP contribution < -0.4 is 15.6 Å². The maximum Gasteiger partial charge on any atom is 0.257 e. The van der Waals surface area contributed by atoms with Gasteiger partial charge in [-0.2, -0.15) is 0 Å². The SMILES string of the molecule is COc1ccc(C)cc1NC(=O)c1ccc(=O)n(Cc2cc(C)ccc2C)c1. The Hall–Kier alpha value is -3.34. The van der Waals surface area contributed by atoms with Crippen molar-refractivity contribution in [3.63, 3.8) is 0 Å². The minimum absolute atomic E-state index is 0.148. The Morgan fingerprint density at radius 2 is 1.71 bits per heavy atom. The summed E-state index contributed by atoms with van der Waals surface area (Å²) >= 11 is 0. The highest BCUT2D eigenvalue weighted by molar-refractivity contribution is 6.04. The van der Waals surface area contributed by atoms with Crippen LogP contribution in [0.1, 0.15) is 32.6 Å². The standard InChI is InChI=1S/C23H24N2O3/c1-15-5-7-17(3)19(11-15)14-25-13-18(8-10-22(25)26)23(27)24-20-12-16(2)6-9-21(20)28-4/h5-13H,14H2,1-4H3,(H,24,27). The summed E-state index contributed by atoms with van der Waals surface area (Å²) in [7, 11) is 1.56. The van der Waals surface area contributed by atoms with Crippen LogP contribution in [0.15, 0.2) is 59.5 Å². The molecule has 1 heterocycles. The number of nitrogens with zero attached hydrogens (tertiary/aromatic N) is 1. The predicted molar refractivity (Wildman–Crippen MR) is 111 cm³/mol. The molecule has 0 aliphatic carbocycles. The third-order valence-corrected chi connectivity index (χ3v) is 4.69. The maximum atomic E-state index is 12.7. The van der Waals surface area contributed by atoms with Crippen molar-refractivity contribution in [1.82, 2.24) is 4.57 Å². The fourth-order valence-electron chi connectivity index (χ4n) is 3.06. The number of hydrogen-bond donors (Lipinski definition) is 1. The molecule has 28 heavy (non-hydrogen) atoms. The molecule has 2 aromatic carbocycles. The Kier molecular flexibility index (Phi) is 5.64. The van der Waals surface area contributed by atoms with Crippen molar-refractivity contribution in [2.75, 3.05) is 12.4 Å². The first-order valence-corrected chi connectivity index (χ1v) is 9.10. The fourth-order valence-corrected chi connectivity index (χ4v) is 3.06. The minimum Gasteiger partial charge on any atom is -0.495 e. The molecule has 3 rings (SSSR count). The number of nitrogens with one attached hydrogen (secondary N) is 1. The van der Waals surface area contributed by atoms with Gasteiger partial charge in [-0.1, -0.05) is 29.8 Å². The molecule has 3 aromatic rings. The van der Waals surface area contributed by atoms with Crippen molar-refractivity contribution in [1.29, 1.82) is 0 Å². The highest BCUT2D eigenvalue weighted by atomic mass is 16.5. The molecule has 1 amide bonds. The molecule has 0 bridgehead atoms. The molecule has 0 saturated heterocycles. The summed E-state index contributed by atoms with van der Waals surface area (Å²) in [6.07, 6.45) is 1.60. The van der Waals surface area contributed by atoms with Crippen LogP contribution in [0.5, 0.6) is 5.75 Å². The van der Waals surface area contributed by atoms with Crippen LogP contribution in [0.25, 0.3) is 0 Å². The summed E-state index contributed by atoms with van der Waals surface area (Å²) in [5.41, 5.74) is 5.17. The number of pyridine rings is 1. The lowest BCUT2D eigenvalue weighted by atomic mass is 10.1. The van der Waals surface area contributed by atoms with Gasteiger partial charge in [-0.3, -0.25) is 9.59 Å². The number of anilines is 1. The van der Waals surface area contributed by atoms with E-state index < -0.39 is 0 Å². The van der Waals surface area contributed by atoms with Crippen molar-refractivity contribution >= 4 is 11.6 Å². The van der Waals surface area contributed by atoms with Gasteiger partial charge in [-0.05, 0) is 55.7 Å². The molecule has 0 fully saturated rings. The van der Waals surface area contributed by atoms with Gasteiger partial charge in [0.2, 0.25) is 0 Å². The van der Waals surface area contributed by atoms with E-state index in [9.17, 15) is 9.59 Å². The van der Waals surface area contributed by atoms with E-state index in [-0.39, 0.29) is 11.5 Å². The Labute approximate surface area is 164 Å². The van der Waals surface area contributed by atoms with E-state index in [0.717, 1.165) is 22.3 Å². The minimum atomic E-state index is -0.293. The van der Waals surface area contributed by atoms with Crippen molar-refractivity contribution in [3.8, 4) is 5.75 Å². The van der Waals surface area contributed by atoms with E-state index in [1.54, 1.807) is 23.9 Å². The zero-order chi connectivity index (χ0) is 20.3. The number of carbonyl (C=O) groups excluding carboxylic acids is 1. The Morgan fingerprint density at radius 1 is 1.00 bits per heavy atom. The maximum absolute atomic E-state index is 12.7. The summed E-state index contributed by atoms with van der Waals surface area (Å²) in [6.45, 7) is 6.39. The average molecular weight is 376 g/mol. The number of methoxy groups -OCH3 is 1.